The number of piperidine rings is 1. The summed E-state index contributed by atoms with van der Waals surface area (Å²) in [7, 11) is 0. The minimum Gasteiger partial charge on any atom is -0.354 e. The summed E-state index contributed by atoms with van der Waals surface area (Å²) >= 11 is 0. The summed E-state index contributed by atoms with van der Waals surface area (Å²) in [5.41, 5.74) is 2.94. The average molecular weight is 341 g/mol. The highest BCUT2D eigenvalue weighted by atomic mass is 16.2. The Labute approximate surface area is 151 Å². The number of hydrogen-bond acceptors (Lipinski definition) is 3. The minimum absolute atomic E-state index is 0.0460. The average Bonchev–Trinajstić information content (AvgIpc) is 3.34. The zero-order chi connectivity index (χ0) is 17.1. The van der Waals surface area contributed by atoms with Crippen LogP contribution in [0.5, 0.6) is 0 Å². The van der Waals surface area contributed by atoms with Gasteiger partial charge in [-0.3, -0.25) is 9.69 Å². The van der Waals surface area contributed by atoms with E-state index in [-0.39, 0.29) is 11.9 Å². The SMILES string of the molecule is O=C(NCC1CCCN(Cc2ccc(C3CC3)cc2)C1)C1CCCN1. The van der Waals surface area contributed by atoms with Gasteiger partial charge in [-0.25, -0.2) is 0 Å². The van der Waals surface area contributed by atoms with Crippen molar-refractivity contribution in [1.82, 2.24) is 15.5 Å². The lowest BCUT2D eigenvalue weighted by Gasteiger charge is -2.33. The number of amides is 1. The summed E-state index contributed by atoms with van der Waals surface area (Å²) in [4.78, 5) is 14.7. The fourth-order valence-electron chi connectivity index (χ4n) is 4.31. The fourth-order valence-corrected chi connectivity index (χ4v) is 4.31. The van der Waals surface area contributed by atoms with E-state index in [0.29, 0.717) is 5.92 Å². The van der Waals surface area contributed by atoms with Gasteiger partial charge in [0.15, 0.2) is 0 Å². The molecule has 1 aromatic carbocycles. The molecule has 1 amide bonds. The monoisotopic (exact) mass is 341 g/mol. The molecule has 0 radical (unpaired) electrons. The number of carbonyl (C=O) groups excluding carboxylic acids is 1. The van der Waals surface area contributed by atoms with Crippen LogP contribution in [0, 0.1) is 5.92 Å². The van der Waals surface area contributed by atoms with E-state index in [0.717, 1.165) is 44.9 Å². The summed E-state index contributed by atoms with van der Waals surface area (Å²) < 4.78 is 0. The van der Waals surface area contributed by atoms with Gasteiger partial charge in [0.25, 0.3) is 0 Å². The molecule has 1 aliphatic carbocycles. The van der Waals surface area contributed by atoms with Gasteiger partial charge < -0.3 is 10.6 Å². The normalized spacial score (nSPS) is 27.4. The molecule has 2 heterocycles. The van der Waals surface area contributed by atoms with E-state index in [1.807, 2.05) is 0 Å². The van der Waals surface area contributed by atoms with Crippen molar-refractivity contribution in [3.05, 3.63) is 35.4 Å². The maximum absolute atomic E-state index is 12.2. The van der Waals surface area contributed by atoms with Crippen LogP contribution in [0.1, 0.15) is 55.6 Å². The van der Waals surface area contributed by atoms with E-state index in [1.165, 1.54) is 43.4 Å². The Hall–Kier alpha value is -1.39. The number of nitrogens with zero attached hydrogens (tertiary/aromatic N) is 1. The molecule has 0 spiro atoms. The van der Waals surface area contributed by atoms with Crippen molar-refractivity contribution < 1.29 is 4.79 Å². The van der Waals surface area contributed by atoms with Crippen LogP contribution in [0.15, 0.2) is 24.3 Å². The fraction of sp³-hybridized carbons (Fsp3) is 0.667. The van der Waals surface area contributed by atoms with Crippen LogP contribution in [0.3, 0.4) is 0 Å². The summed E-state index contributed by atoms with van der Waals surface area (Å²) in [6, 6.07) is 9.31. The van der Waals surface area contributed by atoms with Gasteiger partial charge in [-0.15, -0.1) is 0 Å². The van der Waals surface area contributed by atoms with Crippen molar-refractivity contribution in [3.8, 4) is 0 Å². The van der Waals surface area contributed by atoms with Gasteiger partial charge >= 0.3 is 0 Å². The second-order valence-electron chi connectivity index (χ2n) is 8.15. The molecule has 0 aromatic heterocycles. The molecule has 25 heavy (non-hydrogen) atoms. The topological polar surface area (TPSA) is 44.4 Å². The van der Waals surface area contributed by atoms with Gasteiger partial charge in [0.2, 0.25) is 5.91 Å². The number of benzene rings is 1. The summed E-state index contributed by atoms with van der Waals surface area (Å²) in [6.45, 7) is 5.13. The second kappa shape index (κ2) is 7.88. The molecule has 2 saturated heterocycles. The third kappa shape index (κ3) is 4.62. The van der Waals surface area contributed by atoms with Crippen LogP contribution in [0.4, 0.5) is 0 Å². The lowest BCUT2D eigenvalue weighted by Crippen LogP contribution is -2.45. The largest absolute Gasteiger partial charge is 0.354 e. The number of rotatable bonds is 6. The Morgan fingerprint density at radius 1 is 1.12 bits per heavy atom. The van der Waals surface area contributed by atoms with E-state index in [4.69, 9.17) is 0 Å². The molecule has 1 saturated carbocycles. The molecule has 4 nitrogen and oxygen atoms in total. The predicted molar refractivity (Wildman–Crippen MR) is 100 cm³/mol. The molecule has 4 heteroatoms. The van der Waals surface area contributed by atoms with Crippen molar-refractivity contribution >= 4 is 5.91 Å². The maximum atomic E-state index is 12.2. The van der Waals surface area contributed by atoms with Crippen molar-refractivity contribution in [2.45, 2.75) is 57.0 Å². The predicted octanol–water partition coefficient (Wildman–Crippen LogP) is 2.64. The Balaban J connectivity index is 1.23. The highest BCUT2D eigenvalue weighted by Gasteiger charge is 2.25. The molecule has 2 unspecified atom stereocenters. The second-order valence-corrected chi connectivity index (χ2v) is 8.15. The van der Waals surface area contributed by atoms with E-state index < -0.39 is 0 Å². The third-order valence-corrected chi connectivity index (χ3v) is 5.98. The zero-order valence-corrected chi connectivity index (χ0v) is 15.2. The quantitative estimate of drug-likeness (QED) is 0.836. The molecule has 2 N–H and O–H groups in total. The first-order chi connectivity index (χ1) is 12.3. The van der Waals surface area contributed by atoms with Gasteiger partial charge in [0.1, 0.15) is 0 Å². The lowest BCUT2D eigenvalue weighted by atomic mass is 9.97. The molecule has 1 aromatic rings. The molecular formula is C21H31N3O. The van der Waals surface area contributed by atoms with Crippen LogP contribution in [-0.4, -0.2) is 43.0 Å². The molecule has 4 rings (SSSR count). The summed E-state index contributed by atoms with van der Waals surface area (Å²) in [5.74, 6) is 1.63. The number of nitrogens with one attached hydrogen (secondary N) is 2. The van der Waals surface area contributed by atoms with Crippen molar-refractivity contribution in [3.63, 3.8) is 0 Å². The first-order valence-corrected chi connectivity index (χ1v) is 10.1. The lowest BCUT2D eigenvalue weighted by molar-refractivity contribution is -0.123. The molecule has 3 aliphatic rings. The molecular weight excluding hydrogens is 310 g/mol. The minimum atomic E-state index is 0.0460. The molecule has 136 valence electrons. The van der Waals surface area contributed by atoms with Crippen LogP contribution >= 0.6 is 0 Å². The first kappa shape index (κ1) is 17.0. The van der Waals surface area contributed by atoms with E-state index in [9.17, 15) is 4.79 Å². The Morgan fingerprint density at radius 2 is 1.96 bits per heavy atom. The molecule has 2 atom stereocenters. The highest BCUT2D eigenvalue weighted by Crippen LogP contribution is 2.39. The molecule has 2 aliphatic heterocycles. The van der Waals surface area contributed by atoms with Gasteiger partial charge in [-0.1, -0.05) is 24.3 Å². The van der Waals surface area contributed by atoms with Crippen molar-refractivity contribution in [2.75, 3.05) is 26.2 Å². The van der Waals surface area contributed by atoms with Gasteiger partial charge in [0.05, 0.1) is 6.04 Å². The van der Waals surface area contributed by atoms with Crippen LogP contribution in [0.2, 0.25) is 0 Å². The van der Waals surface area contributed by atoms with Crippen molar-refractivity contribution in [2.24, 2.45) is 5.92 Å². The van der Waals surface area contributed by atoms with Gasteiger partial charge in [-0.05, 0) is 74.6 Å². The Bertz CT molecular complexity index is 575. The van der Waals surface area contributed by atoms with Crippen molar-refractivity contribution in [1.29, 1.82) is 0 Å². The smallest absolute Gasteiger partial charge is 0.237 e. The Kier molecular flexibility index (Phi) is 5.37. The van der Waals surface area contributed by atoms with E-state index in [2.05, 4.69) is 39.8 Å². The molecule has 3 fully saturated rings. The van der Waals surface area contributed by atoms with Crippen LogP contribution < -0.4 is 10.6 Å². The number of carbonyl (C=O) groups is 1. The highest BCUT2D eigenvalue weighted by molar-refractivity contribution is 5.81. The zero-order valence-electron chi connectivity index (χ0n) is 15.2. The first-order valence-electron chi connectivity index (χ1n) is 10.1. The van der Waals surface area contributed by atoms with E-state index in [1.54, 1.807) is 0 Å². The summed E-state index contributed by atoms with van der Waals surface area (Å²) in [6.07, 6.45) is 7.32. The van der Waals surface area contributed by atoms with E-state index >= 15 is 0 Å². The van der Waals surface area contributed by atoms with Gasteiger partial charge in [0, 0.05) is 19.6 Å². The van der Waals surface area contributed by atoms with Crippen LogP contribution in [-0.2, 0) is 11.3 Å². The third-order valence-electron chi connectivity index (χ3n) is 5.98. The standard InChI is InChI=1S/C21H31N3O/c25-21(20-4-1-11-22-20)23-13-17-3-2-12-24(15-17)14-16-5-7-18(8-6-16)19-9-10-19/h5-8,17,19-20,22H,1-4,9-15H2,(H,23,25). The van der Waals surface area contributed by atoms with Crippen LogP contribution in [0.25, 0.3) is 0 Å². The number of hydrogen-bond donors (Lipinski definition) is 2. The number of likely N-dealkylation sites (tertiary alicyclic amines) is 1. The molecule has 0 bridgehead atoms. The Morgan fingerprint density at radius 3 is 2.68 bits per heavy atom. The maximum Gasteiger partial charge on any atom is 0.237 e. The summed E-state index contributed by atoms with van der Waals surface area (Å²) in [5, 5.41) is 6.46. The van der Waals surface area contributed by atoms with Gasteiger partial charge in [-0.2, -0.15) is 0 Å².